The van der Waals surface area contributed by atoms with E-state index in [0.29, 0.717) is 26.2 Å². The Hall–Kier alpha value is -1.10. The largest absolute Gasteiger partial charge is 0.396 e. The molecule has 98 valence electrons. The first-order chi connectivity index (χ1) is 7.97. The molecule has 5 heteroatoms. The maximum Gasteiger partial charge on any atom is 0.228 e. The van der Waals surface area contributed by atoms with E-state index in [9.17, 15) is 14.7 Å². The molecule has 0 spiro atoms. The summed E-state index contributed by atoms with van der Waals surface area (Å²) in [6.07, 6.45) is 0. The van der Waals surface area contributed by atoms with Crippen molar-refractivity contribution in [2.75, 3.05) is 32.8 Å². The third-order valence-corrected chi connectivity index (χ3v) is 3.36. The van der Waals surface area contributed by atoms with E-state index in [1.165, 1.54) is 0 Å². The van der Waals surface area contributed by atoms with Gasteiger partial charge in [-0.3, -0.25) is 9.59 Å². The zero-order chi connectivity index (χ0) is 13.0. The van der Waals surface area contributed by atoms with Crippen molar-refractivity contribution in [1.29, 1.82) is 0 Å². The minimum Gasteiger partial charge on any atom is -0.396 e. The van der Waals surface area contributed by atoms with E-state index in [-0.39, 0.29) is 30.3 Å². The third-order valence-electron chi connectivity index (χ3n) is 3.36. The van der Waals surface area contributed by atoms with Crippen molar-refractivity contribution in [3.05, 3.63) is 0 Å². The Kier molecular flexibility index (Phi) is 4.93. The molecule has 1 unspecified atom stereocenters. The molecule has 0 aromatic rings. The Morgan fingerprint density at radius 3 is 1.94 bits per heavy atom. The van der Waals surface area contributed by atoms with Crippen LogP contribution in [0.3, 0.4) is 0 Å². The molecule has 1 aliphatic rings. The van der Waals surface area contributed by atoms with Gasteiger partial charge in [-0.25, -0.2) is 0 Å². The average Bonchev–Trinajstić information content (AvgIpc) is 2.29. The van der Waals surface area contributed by atoms with E-state index in [0.717, 1.165) is 0 Å². The fourth-order valence-corrected chi connectivity index (χ4v) is 2.05. The van der Waals surface area contributed by atoms with Crippen LogP contribution in [0.4, 0.5) is 0 Å². The summed E-state index contributed by atoms with van der Waals surface area (Å²) in [6.45, 7) is 7.64. The predicted octanol–water partition coefficient (Wildman–Crippen LogP) is -0.0584. The van der Waals surface area contributed by atoms with Crippen LogP contribution in [0.5, 0.6) is 0 Å². The van der Waals surface area contributed by atoms with Crippen LogP contribution < -0.4 is 0 Å². The molecule has 0 radical (unpaired) electrons. The zero-order valence-corrected chi connectivity index (χ0v) is 10.8. The normalized spacial score (nSPS) is 18.4. The second kappa shape index (κ2) is 6.00. The lowest BCUT2D eigenvalue weighted by atomic mass is 9.95. The lowest BCUT2D eigenvalue weighted by Gasteiger charge is -2.36. The molecule has 1 aliphatic heterocycles. The van der Waals surface area contributed by atoms with Gasteiger partial charge in [-0.1, -0.05) is 13.8 Å². The monoisotopic (exact) mass is 242 g/mol. The molecule has 17 heavy (non-hydrogen) atoms. The van der Waals surface area contributed by atoms with Crippen molar-refractivity contribution in [2.24, 2.45) is 11.8 Å². The highest BCUT2D eigenvalue weighted by molar-refractivity contribution is 5.80. The summed E-state index contributed by atoms with van der Waals surface area (Å²) >= 11 is 0. The van der Waals surface area contributed by atoms with Crippen LogP contribution in [-0.4, -0.2) is 59.5 Å². The van der Waals surface area contributed by atoms with E-state index in [1.54, 1.807) is 16.7 Å². The van der Waals surface area contributed by atoms with Crippen LogP contribution in [0, 0.1) is 11.8 Å². The van der Waals surface area contributed by atoms with Gasteiger partial charge in [0.2, 0.25) is 11.8 Å². The van der Waals surface area contributed by atoms with Gasteiger partial charge in [0.15, 0.2) is 0 Å². The van der Waals surface area contributed by atoms with Gasteiger partial charge in [0.25, 0.3) is 0 Å². The molecule has 0 saturated carbocycles. The topological polar surface area (TPSA) is 60.9 Å². The number of aliphatic hydroxyl groups excluding tert-OH is 1. The number of rotatable bonds is 3. The summed E-state index contributed by atoms with van der Waals surface area (Å²) in [5, 5.41) is 9.23. The summed E-state index contributed by atoms with van der Waals surface area (Å²) in [5.41, 5.74) is 0. The summed E-state index contributed by atoms with van der Waals surface area (Å²) in [6, 6.07) is 0. The third kappa shape index (κ3) is 3.43. The highest BCUT2D eigenvalue weighted by atomic mass is 16.3. The number of hydrogen-bond donors (Lipinski definition) is 1. The van der Waals surface area contributed by atoms with E-state index < -0.39 is 0 Å². The molecule has 1 N–H and O–H groups in total. The van der Waals surface area contributed by atoms with Crippen LogP contribution in [0.1, 0.15) is 20.8 Å². The predicted molar refractivity (Wildman–Crippen MR) is 64.2 cm³/mol. The minimum atomic E-state index is -0.320. The SMILES string of the molecule is CC(=O)N1CCN(C(=O)C(CO)C(C)C)CC1. The van der Waals surface area contributed by atoms with Crippen LogP contribution in [0.25, 0.3) is 0 Å². The smallest absolute Gasteiger partial charge is 0.228 e. The standard InChI is InChI=1S/C12H22N2O3/c1-9(2)11(8-15)12(17)14-6-4-13(5-7-14)10(3)16/h9,11,15H,4-8H2,1-3H3. The zero-order valence-electron chi connectivity index (χ0n) is 10.8. The number of nitrogens with zero attached hydrogens (tertiary/aromatic N) is 2. The fourth-order valence-electron chi connectivity index (χ4n) is 2.05. The summed E-state index contributed by atoms with van der Waals surface area (Å²) < 4.78 is 0. The van der Waals surface area contributed by atoms with E-state index in [1.807, 2.05) is 13.8 Å². The Bertz CT molecular complexity index is 283. The molecular formula is C12H22N2O3. The number of hydrogen-bond acceptors (Lipinski definition) is 3. The molecule has 1 heterocycles. The number of carbonyl (C=O) groups excluding carboxylic acids is 2. The van der Waals surface area contributed by atoms with E-state index in [4.69, 9.17) is 0 Å². The first kappa shape index (κ1) is 14.0. The number of carbonyl (C=O) groups is 2. The number of amides is 2. The number of aliphatic hydroxyl groups is 1. The molecule has 1 rings (SSSR count). The average molecular weight is 242 g/mol. The molecule has 0 bridgehead atoms. The summed E-state index contributed by atoms with van der Waals surface area (Å²) in [4.78, 5) is 26.8. The first-order valence-electron chi connectivity index (χ1n) is 6.12. The van der Waals surface area contributed by atoms with Gasteiger partial charge in [-0.05, 0) is 5.92 Å². The second-order valence-electron chi connectivity index (χ2n) is 4.86. The van der Waals surface area contributed by atoms with Gasteiger partial charge in [-0.2, -0.15) is 0 Å². The lowest BCUT2D eigenvalue weighted by Crippen LogP contribution is -2.52. The maximum atomic E-state index is 12.1. The summed E-state index contributed by atoms with van der Waals surface area (Å²) in [7, 11) is 0. The molecule has 1 fully saturated rings. The van der Waals surface area contributed by atoms with Gasteiger partial charge in [0.1, 0.15) is 0 Å². The molecule has 0 aliphatic carbocycles. The van der Waals surface area contributed by atoms with Gasteiger partial charge < -0.3 is 14.9 Å². The van der Waals surface area contributed by atoms with Crippen molar-refractivity contribution >= 4 is 11.8 Å². The summed E-state index contributed by atoms with van der Waals surface area (Å²) in [5.74, 6) is -0.123. The molecule has 2 amide bonds. The van der Waals surface area contributed by atoms with Crippen molar-refractivity contribution in [3.63, 3.8) is 0 Å². The highest BCUT2D eigenvalue weighted by Gasteiger charge is 2.29. The first-order valence-corrected chi connectivity index (χ1v) is 6.12. The second-order valence-corrected chi connectivity index (χ2v) is 4.86. The van der Waals surface area contributed by atoms with Crippen molar-refractivity contribution in [2.45, 2.75) is 20.8 Å². The van der Waals surface area contributed by atoms with E-state index in [2.05, 4.69) is 0 Å². The molecule has 1 atom stereocenters. The van der Waals surface area contributed by atoms with Crippen LogP contribution in [0.2, 0.25) is 0 Å². The Morgan fingerprint density at radius 2 is 1.59 bits per heavy atom. The molecule has 1 saturated heterocycles. The van der Waals surface area contributed by atoms with Gasteiger partial charge in [-0.15, -0.1) is 0 Å². The van der Waals surface area contributed by atoms with Crippen LogP contribution in [0.15, 0.2) is 0 Å². The van der Waals surface area contributed by atoms with Crippen molar-refractivity contribution in [3.8, 4) is 0 Å². The Morgan fingerprint density at radius 1 is 1.12 bits per heavy atom. The Labute approximate surface area is 102 Å². The van der Waals surface area contributed by atoms with Gasteiger partial charge in [0, 0.05) is 33.1 Å². The lowest BCUT2D eigenvalue weighted by molar-refractivity contribution is -0.143. The molecule has 0 aromatic heterocycles. The molecular weight excluding hydrogens is 220 g/mol. The quantitative estimate of drug-likeness (QED) is 0.754. The molecule has 5 nitrogen and oxygen atoms in total. The van der Waals surface area contributed by atoms with Crippen LogP contribution in [-0.2, 0) is 9.59 Å². The van der Waals surface area contributed by atoms with Gasteiger partial charge in [0.05, 0.1) is 12.5 Å². The maximum absolute atomic E-state index is 12.1. The fraction of sp³-hybridized carbons (Fsp3) is 0.833. The van der Waals surface area contributed by atoms with Crippen LogP contribution >= 0.6 is 0 Å². The molecule has 0 aromatic carbocycles. The minimum absolute atomic E-state index is 0.00528. The van der Waals surface area contributed by atoms with E-state index >= 15 is 0 Å². The Balaban J connectivity index is 2.53. The number of piperazine rings is 1. The van der Waals surface area contributed by atoms with Crippen molar-refractivity contribution < 1.29 is 14.7 Å². The van der Waals surface area contributed by atoms with Gasteiger partial charge >= 0.3 is 0 Å². The highest BCUT2D eigenvalue weighted by Crippen LogP contribution is 2.15. The van der Waals surface area contributed by atoms with Crippen molar-refractivity contribution in [1.82, 2.24) is 9.80 Å².